The first-order valence-electron chi connectivity index (χ1n) is 8.58. The van der Waals surface area contributed by atoms with Gasteiger partial charge in [0.2, 0.25) is 5.91 Å². The Balaban J connectivity index is 1.64. The number of sulfonamides is 1. The maximum Gasteiger partial charge on any atom is 0.262 e. The van der Waals surface area contributed by atoms with Crippen molar-refractivity contribution in [1.29, 1.82) is 0 Å². The number of rotatable bonds is 4. The van der Waals surface area contributed by atoms with E-state index >= 15 is 0 Å². The molecule has 7 heteroatoms. The largest absolute Gasteiger partial charge is 0.312 e. The molecule has 0 aromatic heterocycles. The van der Waals surface area contributed by atoms with Gasteiger partial charge in [0, 0.05) is 23.2 Å². The normalized spacial score (nSPS) is 16.5. The third-order valence-corrected chi connectivity index (χ3v) is 6.62. The zero-order valence-corrected chi connectivity index (χ0v) is 15.9. The van der Waals surface area contributed by atoms with Crippen LogP contribution >= 0.6 is 11.6 Å². The summed E-state index contributed by atoms with van der Waals surface area (Å²) in [6.45, 7) is 2.39. The van der Waals surface area contributed by atoms with E-state index in [4.69, 9.17) is 11.6 Å². The first kappa shape index (κ1) is 17.4. The minimum atomic E-state index is -3.76. The zero-order valence-electron chi connectivity index (χ0n) is 14.3. The van der Waals surface area contributed by atoms with Crippen LogP contribution < -0.4 is 9.62 Å². The SMILES string of the molecule is Cc1ccc(Cl)cc1S(=O)(=O)Nc1ccc2c(c1)N(C(=O)C1CC1)CC2. The van der Waals surface area contributed by atoms with Crippen molar-refractivity contribution < 1.29 is 13.2 Å². The highest BCUT2D eigenvalue weighted by Gasteiger charge is 2.36. The molecule has 2 aromatic carbocycles. The average Bonchev–Trinajstić information content (AvgIpc) is 3.36. The van der Waals surface area contributed by atoms with E-state index < -0.39 is 10.0 Å². The molecule has 4 rings (SSSR count). The molecular formula is C19H19ClN2O3S. The number of nitrogens with zero attached hydrogens (tertiary/aromatic N) is 1. The molecule has 26 heavy (non-hydrogen) atoms. The molecule has 2 aliphatic rings. The van der Waals surface area contributed by atoms with Gasteiger partial charge in [-0.1, -0.05) is 23.7 Å². The number of nitrogens with one attached hydrogen (secondary N) is 1. The maximum absolute atomic E-state index is 12.8. The van der Waals surface area contributed by atoms with Gasteiger partial charge >= 0.3 is 0 Å². The summed E-state index contributed by atoms with van der Waals surface area (Å²) in [6, 6.07) is 10.2. The Hall–Kier alpha value is -2.05. The van der Waals surface area contributed by atoms with E-state index in [0.29, 0.717) is 22.8 Å². The van der Waals surface area contributed by atoms with Crippen LogP contribution in [0.1, 0.15) is 24.0 Å². The highest BCUT2D eigenvalue weighted by Crippen LogP contribution is 2.38. The fraction of sp³-hybridized carbons (Fsp3) is 0.316. The van der Waals surface area contributed by atoms with Crippen LogP contribution in [0.4, 0.5) is 11.4 Å². The van der Waals surface area contributed by atoms with Gasteiger partial charge in [0.25, 0.3) is 10.0 Å². The molecule has 0 atom stereocenters. The topological polar surface area (TPSA) is 66.5 Å². The van der Waals surface area contributed by atoms with Gasteiger partial charge in [0.05, 0.1) is 10.6 Å². The molecule has 0 radical (unpaired) electrons. The number of aryl methyl sites for hydroxylation is 1. The predicted molar refractivity (Wildman–Crippen MR) is 102 cm³/mol. The molecule has 0 unspecified atom stereocenters. The second-order valence-corrected chi connectivity index (χ2v) is 8.96. The molecule has 1 heterocycles. The lowest BCUT2D eigenvalue weighted by molar-refractivity contribution is -0.119. The monoisotopic (exact) mass is 390 g/mol. The lowest BCUT2D eigenvalue weighted by atomic mass is 10.1. The molecule has 0 saturated heterocycles. The summed E-state index contributed by atoms with van der Waals surface area (Å²) in [4.78, 5) is 14.4. The van der Waals surface area contributed by atoms with Crippen molar-refractivity contribution in [3.63, 3.8) is 0 Å². The van der Waals surface area contributed by atoms with Gasteiger partial charge in [-0.25, -0.2) is 8.42 Å². The summed E-state index contributed by atoms with van der Waals surface area (Å²) in [7, 11) is -3.76. The molecule has 136 valence electrons. The molecule has 1 aliphatic carbocycles. The van der Waals surface area contributed by atoms with Crippen molar-refractivity contribution in [2.24, 2.45) is 5.92 Å². The number of hydrogen-bond donors (Lipinski definition) is 1. The minimum Gasteiger partial charge on any atom is -0.312 e. The molecule has 1 saturated carbocycles. The van der Waals surface area contributed by atoms with E-state index in [1.165, 1.54) is 6.07 Å². The minimum absolute atomic E-state index is 0.135. The van der Waals surface area contributed by atoms with Crippen molar-refractivity contribution in [3.8, 4) is 0 Å². The van der Waals surface area contributed by atoms with Crippen LogP contribution in [0.3, 0.4) is 0 Å². The second kappa shape index (κ2) is 6.28. The number of carbonyl (C=O) groups is 1. The quantitative estimate of drug-likeness (QED) is 0.864. The zero-order chi connectivity index (χ0) is 18.5. The van der Waals surface area contributed by atoms with Crippen LogP contribution in [-0.2, 0) is 21.2 Å². The van der Waals surface area contributed by atoms with E-state index in [0.717, 1.165) is 30.5 Å². The summed E-state index contributed by atoms with van der Waals surface area (Å²) >= 11 is 5.96. The van der Waals surface area contributed by atoms with Crippen molar-refractivity contribution in [3.05, 3.63) is 52.5 Å². The lowest BCUT2D eigenvalue weighted by Crippen LogP contribution is -2.30. The van der Waals surface area contributed by atoms with Crippen LogP contribution in [-0.4, -0.2) is 20.9 Å². The van der Waals surface area contributed by atoms with Crippen LogP contribution in [0.15, 0.2) is 41.3 Å². The first-order valence-corrected chi connectivity index (χ1v) is 10.4. The number of fused-ring (bicyclic) bond motifs is 1. The van der Waals surface area contributed by atoms with Gasteiger partial charge in [-0.2, -0.15) is 0 Å². The Morgan fingerprint density at radius 2 is 1.96 bits per heavy atom. The number of benzene rings is 2. The summed E-state index contributed by atoms with van der Waals surface area (Å²) < 4.78 is 28.1. The molecule has 2 aromatic rings. The van der Waals surface area contributed by atoms with Crippen molar-refractivity contribution in [2.45, 2.75) is 31.1 Å². The molecule has 1 N–H and O–H groups in total. The third kappa shape index (κ3) is 3.19. The third-order valence-electron chi connectivity index (χ3n) is 4.87. The Morgan fingerprint density at radius 3 is 2.69 bits per heavy atom. The van der Waals surface area contributed by atoms with Crippen molar-refractivity contribution in [2.75, 3.05) is 16.2 Å². The van der Waals surface area contributed by atoms with E-state index in [-0.39, 0.29) is 16.7 Å². The van der Waals surface area contributed by atoms with E-state index in [1.807, 2.05) is 6.07 Å². The molecule has 1 fully saturated rings. The van der Waals surface area contributed by atoms with Crippen molar-refractivity contribution in [1.82, 2.24) is 0 Å². The van der Waals surface area contributed by atoms with E-state index in [2.05, 4.69) is 4.72 Å². The standard InChI is InChI=1S/C19H19ClN2O3S/c1-12-2-6-15(20)10-18(12)26(24,25)21-16-7-5-13-8-9-22(17(13)11-16)19(23)14-3-4-14/h2,5-7,10-11,14,21H,3-4,8-9H2,1H3. The van der Waals surface area contributed by atoms with E-state index in [1.54, 1.807) is 36.1 Å². The van der Waals surface area contributed by atoms with Crippen molar-refractivity contribution >= 4 is 38.9 Å². The second-order valence-electron chi connectivity index (χ2n) is 6.87. The smallest absolute Gasteiger partial charge is 0.262 e. The van der Waals surface area contributed by atoms with Gasteiger partial charge in [0.15, 0.2) is 0 Å². The van der Waals surface area contributed by atoms with Gasteiger partial charge in [-0.05, 0) is 61.6 Å². The van der Waals surface area contributed by atoms with Crippen LogP contribution in [0.5, 0.6) is 0 Å². The summed E-state index contributed by atoms with van der Waals surface area (Å²) in [5.74, 6) is 0.282. The van der Waals surface area contributed by atoms with E-state index in [9.17, 15) is 13.2 Å². The summed E-state index contributed by atoms with van der Waals surface area (Å²) in [5.41, 5.74) is 2.94. The fourth-order valence-corrected chi connectivity index (χ4v) is 4.85. The van der Waals surface area contributed by atoms with Crippen LogP contribution in [0, 0.1) is 12.8 Å². The van der Waals surface area contributed by atoms with Gasteiger partial charge in [-0.15, -0.1) is 0 Å². The highest BCUT2D eigenvalue weighted by molar-refractivity contribution is 7.92. The molecule has 5 nitrogen and oxygen atoms in total. The van der Waals surface area contributed by atoms with Crippen LogP contribution in [0.2, 0.25) is 5.02 Å². The first-order chi connectivity index (χ1) is 12.3. The Morgan fingerprint density at radius 1 is 1.19 bits per heavy atom. The molecule has 1 aliphatic heterocycles. The summed E-state index contributed by atoms with van der Waals surface area (Å²) in [5, 5.41) is 0.367. The Kier molecular flexibility index (Phi) is 4.20. The molecule has 0 bridgehead atoms. The summed E-state index contributed by atoms with van der Waals surface area (Å²) in [6.07, 6.45) is 2.70. The predicted octanol–water partition coefficient (Wildman–Crippen LogP) is 3.75. The molecular weight excluding hydrogens is 372 g/mol. The van der Waals surface area contributed by atoms with Gasteiger partial charge in [-0.3, -0.25) is 9.52 Å². The number of halogens is 1. The maximum atomic E-state index is 12.8. The average molecular weight is 391 g/mol. The van der Waals surface area contributed by atoms with Gasteiger partial charge in [0.1, 0.15) is 0 Å². The number of anilines is 2. The van der Waals surface area contributed by atoms with Crippen LogP contribution in [0.25, 0.3) is 0 Å². The van der Waals surface area contributed by atoms with Gasteiger partial charge < -0.3 is 4.90 Å². The Bertz CT molecular complexity index is 1000. The lowest BCUT2D eigenvalue weighted by Gasteiger charge is -2.18. The molecule has 0 spiro atoms. The highest BCUT2D eigenvalue weighted by atomic mass is 35.5. The number of carbonyl (C=O) groups excluding carboxylic acids is 1. The number of hydrogen-bond acceptors (Lipinski definition) is 3. The number of amides is 1. The Labute approximate surface area is 158 Å². The molecule has 1 amide bonds. The fourth-order valence-electron chi connectivity index (χ4n) is 3.30.